The van der Waals surface area contributed by atoms with Crippen molar-refractivity contribution in [2.24, 2.45) is 0 Å². The van der Waals surface area contributed by atoms with E-state index in [9.17, 15) is 13.0 Å². The Labute approximate surface area is 90.9 Å². The number of rotatable bonds is 1. The highest BCUT2D eigenvalue weighted by atomic mass is 32.2. The fourth-order valence-electron chi connectivity index (χ4n) is 1.40. The highest BCUT2D eigenvalue weighted by molar-refractivity contribution is 7.85. The summed E-state index contributed by atoms with van der Waals surface area (Å²) in [6.45, 7) is 7.74. The minimum atomic E-state index is -4.35. The van der Waals surface area contributed by atoms with Gasteiger partial charge in [-0.2, -0.15) is 0 Å². The first-order valence-electron chi connectivity index (χ1n) is 4.69. The van der Waals surface area contributed by atoms with Crippen LogP contribution < -0.4 is 0 Å². The number of hydrogen-bond donors (Lipinski definition) is 0. The van der Waals surface area contributed by atoms with Gasteiger partial charge in [0.05, 0.1) is 4.90 Å². The van der Waals surface area contributed by atoms with Gasteiger partial charge in [-0.3, -0.25) is 0 Å². The zero-order valence-corrected chi connectivity index (χ0v) is 10.2. The molecule has 1 aromatic carbocycles. The Kier molecular flexibility index (Phi) is 2.94. The van der Waals surface area contributed by atoms with Crippen molar-refractivity contribution < 1.29 is 13.0 Å². The second-order valence-electron chi connectivity index (χ2n) is 4.68. The fraction of sp³-hybridized carbons (Fsp3) is 0.455. The zero-order chi connectivity index (χ0) is 11.9. The molecule has 0 unspecified atom stereocenters. The minimum Gasteiger partial charge on any atom is -0.744 e. The molecule has 0 atom stereocenters. The van der Waals surface area contributed by atoms with Crippen LogP contribution in [0, 0.1) is 6.92 Å². The molecule has 0 N–H and O–H groups in total. The molecule has 0 saturated heterocycles. The molecule has 4 heteroatoms. The van der Waals surface area contributed by atoms with Crippen LogP contribution in [-0.2, 0) is 15.5 Å². The highest BCUT2D eigenvalue weighted by Gasteiger charge is 2.15. The van der Waals surface area contributed by atoms with E-state index < -0.39 is 10.1 Å². The molecule has 0 heterocycles. The highest BCUT2D eigenvalue weighted by Crippen LogP contribution is 2.25. The normalized spacial score (nSPS) is 12.9. The molecular formula is C11H15O3S-. The van der Waals surface area contributed by atoms with Crippen molar-refractivity contribution in [3.8, 4) is 0 Å². The molecule has 1 aromatic rings. The number of hydrogen-bond acceptors (Lipinski definition) is 3. The van der Waals surface area contributed by atoms with E-state index in [1.165, 1.54) is 6.07 Å². The van der Waals surface area contributed by atoms with E-state index in [4.69, 9.17) is 0 Å². The molecule has 0 radical (unpaired) electrons. The Balaban J connectivity index is 3.34. The van der Waals surface area contributed by atoms with Gasteiger partial charge in [0.25, 0.3) is 0 Å². The largest absolute Gasteiger partial charge is 0.744 e. The van der Waals surface area contributed by atoms with E-state index in [1.807, 2.05) is 20.8 Å². The first kappa shape index (κ1) is 12.2. The quantitative estimate of drug-likeness (QED) is 0.691. The van der Waals surface area contributed by atoms with E-state index in [2.05, 4.69) is 0 Å². The summed E-state index contributed by atoms with van der Waals surface area (Å²) >= 11 is 0. The van der Waals surface area contributed by atoms with Gasteiger partial charge in [-0.15, -0.1) is 0 Å². The Bertz CT molecular complexity index is 467. The Morgan fingerprint density at radius 2 is 1.73 bits per heavy atom. The lowest BCUT2D eigenvalue weighted by atomic mass is 9.86. The minimum absolute atomic E-state index is 0.0457. The van der Waals surface area contributed by atoms with Crippen molar-refractivity contribution in [2.45, 2.75) is 38.0 Å². The second kappa shape index (κ2) is 3.61. The van der Waals surface area contributed by atoms with E-state index in [0.717, 1.165) is 5.56 Å². The molecule has 0 fully saturated rings. The van der Waals surface area contributed by atoms with Crippen LogP contribution in [-0.4, -0.2) is 13.0 Å². The third-order valence-electron chi connectivity index (χ3n) is 2.31. The average molecular weight is 227 g/mol. The summed E-state index contributed by atoms with van der Waals surface area (Å²) in [5.41, 5.74) is 1.49. The van der Waals surface area contributed by atoms with Gasteiger partial charge in [0.1, 0.15) is 10.1 Å². The van der Waals surface area contributed by atoms with Gasteiger partial charge in [-0.05, 0) is 29.5 Å². The summed E-state index contributed by atoms with van der Waals surface area (Å²) in [6.07, 6.45) is 0. The van der Waals surface area contributed by atoms with Gasteiger partial charge < -0.3 is 4.55 Å². The van der Waals surface area contributed by atoms with E-state index in [1.54, 1.807) is 19.1 Å². The summed E-state index contributed by atoms with van der Waals surface area (Å²) in [4.78, 5) is -0.129. The van der Waals surface area contributed by atoms with Gasteiger partial charge in [0, 0.05) is 0 Å². The molecule has 0 aliphatic carbocycles. The van der Waals surface area contributed by atoms with E-state index in [0.29, 0.717) is 5.56 Å². The predicted molar refractivity (Wildman–Crippen MR) is 57.8 cm³/mol. The monoisotopic (exact) mass is 227 g/mol. The van der Waals surface area contributed by atoms with Crippen LogP contribution in [0.3, 0.4) is 0 Å². The molecule has 3 nitrogen and oxygen atoms in total. The first-order chi connectivity index (χ1) is 6.62. The molecule has 15 heavy (non-hydrogen) atoms. The predicted octanol–water partition coefficient (Wildman–Crippen LogP) is 2.20. The van der Waals surface area contributed by atoms with Gasteiger partial charge in [-0.1, -0.05) is 32.9 Å². The molecule has 0 amide bonds. The lowest BCUT2D eigenvalue weighted by molar-refractivity contribution is 0.462. The molecule has 0 aliphatic heterocycles. The second-order valence-corrected chi connectivity index (χ2v) is 6.03. The van der Waals surface area contributed by atoms with Crippen LogP contribution in [0.1, 0.15) is 31.9 Å². The molecular weight excluding hydrogens is 212 g/mol. The zero-order valence-electron chi connectivity index (χ0n) is 9.37. The number of benzene rings is 1. The van der Waals surface area contributed by atoms with Crippen LogP contribution in [0.25, 0.3) is 0 Å². The van der Waals surface area contributed by atoms with Crippen molar-refractivity contribution in [1.82, 2.24) is 0 Å². The lowest BCUT2D eigenvalue weighted by Gasteiger charge is -2.21. The van der Waals surface area contributed by atoms with Crippen molar-refractivity contribution in [3.05, 3.63) is 29.3 Å². The van der Waals surface area contributed by atoms with Gasteiger partial charge in [0.2, 0.25) is 0 Å². The van der Waals surface area contributed by atoms with Crippen LogP contribution in [0.4, 0.5) is 0 Å². The molecule has 0 bridgehead atoms. The van der Waals surface area contributed by atoms with Crippen molar-refractivity contribution in [3.63, 3.8) is 0 Å². The van der Waals surface area contributed by atoms with Crippen molar-refractivity contribution in [1.29, 1.82) is 0 Å². The fourth-order valence-corrected chi connectivity index (χ4v) is 2.08. The van der Waals surface area contributed by atoms with E-state index >= 15 is 0 Å². The van der Waals surface area contributed by atoms with Crippen LogP contribution in [0.15, 0.2) is 23.1 Å². The molecule has 0 saturated carbocycles. The molecule has 84 valence electrons. The van der Waals surface area contributed by atoms with Crippen molar-refractivity contribution in [2.75, 3.05) is 0 Å². The van der Waals surface area contributed by atoms with E-state index in [-0.39, 0.29) is 10.3 Å². The summed E-state index contributed by atoms with van der Waals surface area (Å²) in [7, 11) is -4.35. The lowest BCUT2D eigenvalue weighted by Crippen LogP contribution is -2.12. The summed E-state index contributed by atoms with van der Waals surface area (Å²) in [5.74, 6) is 0. The van der Waals surface area contributed by atoms with Gasteiger partial charge in [0.15, 0.2) is 0 Å². The summed E-state index contributed by atoms with van der Waals surface area (Å²) in [6, 6.07) is 4.83. The third kappa shape index (κ3) is 2.79. The molecule has 0 spiro atoms. The maximum Gasteiger partial charge on any atom is 0.124 e. The standard InChI is InChI=1S/C11H16O3S/c1-8-7-9(11(2,3)4)5-6-10(8)15(12,13)14/h5-7H,1-4H3,(H,12,13,14)/p-1. The number of aryl methyl sites for hydroxylation is 1. The third-order valence-corrected chi connectivity index (χ3v) is 3.31. The van der Waals surface area contributed by atoms with Crippen LogP contribution in [0.2, 0.25) is 0 Å². The molecule has 0 aliphatic rings. The Morgan fingerprint density at radius 1 is 1.20 bits per heavy atom. The average Bonchev–Trinajstić information content (AvgIpc) is 1.99. The Hall–Kier alpha value is -0.870. The maximum absolute atomic E-state index is 10.9. The van der Waals surface area contributed by atoms with Gasteiger partial charge >= 0.3 is 0 Å². The van der Waals surface area contributed by atoms with Crippen LogP contribution >= 0.6 is 0 Å². The molecule has 1 rings (SSSR count). The van der Waals surface area contributed by atoms with Crippen LogP contribution in [0.5, 0.6) is 0 Å². The smallest absolute Gasteiger partial charge is 0.124 e. The van der Waals surface area contributed by atoms with Crippen molar-refractivity contribution >= 4 is 10.1 Å². The SMILES string of the molecule is Cc1cc(C(C)(C)C)ccc1S(=O)(=O)[O-]. The molecule has 0 aromatic heterocycles. The summed E-state index contributed by atoms with van der Waals surface area (Å²) < 4.78 is 32.6. The Morgan fingerprint density at radius 3 is 2.07 bits per heavy atom. The first-order valence-corrected chi connectivity index (χ1v) is 6.10. The summed E-state index contributed by atoms with van der Waals surface area (Å²) in [5, 5.41) is 0. The topological polar surface area (TPSA) is 57.2 Å². The maximum atomic E-state index is 10.9. The van der Waals surface area contributed by atoms with Gasteiger partial charge in [-0.25, -0.2) is 8.42 Å².